The van der Waals surface area contributed by atoms with Crippen LogP contribution in [-0.2, 0) is 4.79 Å². The lowest BCUT2D eigenvalue weighted by Gasteiger charge is -2.31. The SMILES string of the molecule is CC(O)c1cn(C2CCN(C(=O)COc3ccc(F)cc3)CC2)nn1. The highest BCUT2D eigenvalue weighted by atomic mass is 19.1. The van der Waals surface area contributed by atoms with Crippen LogP contribution in [-0.4, -0.2) is 50.6 Å². The van der Waals surface area contributed by atoms with Gasteiger partial charge in [0.25, 0.3) is 5.91 Å². The summed E-state index contributed by atoms with van der Waals surface area (Å²) in [7, 11) is 0. The van der Waals surface area contributed by atoms with E-state index in [-0.39, 0.29) is 24.4 Å². The van der Waals surface area contributed by atoms with Gasteiger partial charge in [-0.2, -0.15) is 0 Å². The molecule has 0 bridgehead atoms. The standard InChI is InChI=1S/C17H21FN4O3/c1-12(23)16-10-22(20-19-16)14-6-8-21(9-7-14)17(24)11-25-15-4-2-13(18)3-5-15/h2-5,10,12,14,23H,6-9,11H2,1H3. The second-order valence-electron chi connectivity index (χ2n) is 6.15. The minimum Gasteiger partial charge on any atom is -0.484 e. The number of likely N-dealkylation sites (tertiary alicyclic amines) is 1. The zero-order valence-corrected chi connectivity index (χ0v) is 14.0. The molecule has 1 N–H and O–H groups in total. The molecule has 1 aromatic heterocycles. The fraction of sp³-hybridized carbons (Fsp3) is 0.471. The minimum absolute atomic E-state index is 0.0637. The maximum absolute atomic E-state index is 12.8. The van der Waals surface area contributed by atoms with Gasteiger partial charge in [0.1, 0.15) is 17.3 Å². The van der Waals surface area contributed by atoms with Gasteiger partial charge in [-0.3, -0.25) is 4.79 Å². The van der Waals surface area contributed by atoms with Gasteiger partial charge in [0.05, 0.1) is 18.3 Å². The Balaban J connectivity index is 1.47. The average Bonchev–Trinajstić information content (AvgIpc) is 3.11. The van der Waals surface area contributed by atoms with Crippen molar-refractivity contribution in [2.75, 3.05) is 19.7 Å². The second kappa shape index (κ2) is 7.60. The van der Waals surface area contributed by atoms with Crippen LogP contribution in [0.25, 0.3) is 0 Å². The summed E-state index contributed by atoms with van der Waals surface area (Å²) < 4.78 is 20.0. The van der Waals surface area contributed by atoms with Crippen LogP contribution in [0.1, 0.15) is 37.6 Å². The predicted molar refractivity (Wildman–Crippen MR) is 87.4 cm³/mol. The van der Waals surface area contributed by atoms with Gasteiger partial charge in [0, 0.05) is 13.1 Å². The lowest BCUT2D eigenvalue weighted by Crippen LogP contribution is -2.41. The average molecular weight is 348 g/mol. The van der Waals surface area contributed by atoms with Gasteiger partial charge >= 0.3 is 0 Å². The lowest BCUT2D eigenvalue weighted by atomic mass is 10.1. The number of amides is 1. The molecule has 1 unspecified atom stereocenters. The Hall–Kier alpha value is -2.48. The number of benzene rings is 1. The Morgan fingerprint density at radius 1 is 1.36 bits per heavy atom. The highest BCUT2D eigenvalue weighted by Crippen LogP contribution is 2.23. The number of aliphatic hydroxyl groups excluding tert-OH is 1. The molecule has 25 heavy (non-hydrogen) atoms. The molecule has 1 aliphatic rings. The molecular formula is C17H21FN4O3. The molecule has 1 saturated heterocycles. The first-order valence-corrected chi connectivity index (χ1v) is 8.29. The Morgan fingerprint density at radius 2 is 2.04 bits per heavy atom. The number of piperidine rings is 1. The van der Waals surface area contributed by atoms with Gasteiger partial charge in [0.2, 0.25) is 0 Å². The maximum Gasteiger partial charge on any atom is 0.260 e. The molecule has 1 fully saturated rings. The van der Waals surface area contributed by atoms with Gasteiger partial charge in [-0.05, 0) is 44.0 Å². The number of nitrogens with zero attached hydrogens (tertiary/aromatic N) is 4. The summed E-state index contributed by atoms with van der Waals surface area (Å²) in [6.45, 7) is 2.81. The summed E-state index contributed by atoms with van der Waals surface area (Å²) in [5.41, 5.74) is 0.547. The van der Waals surface area contributed by atoms with Gasteiger partial charge in [0.15, 0.2) is 6.61 Å². The quantitative estimate of drug-likeness (QED) is 0.890. The van der Waals surface area contributed by atoms with Crippen LogP contribution in [0, 0.1) is 5.82 Å². The molecule has 7 nitrogen and oxygen atoms in total. The second-order valence-corrected chi connectivity index (χ2v) is 6.15. The van der Waals surface area contributed by atoms with E-state index >= 15 is 0 Å². The lowest BCUT2D eigenvalue weighted by molar-refractivity contribution is -0.134. The normalized spacial score (nSPS) is 16.7. The summed E-state index contributed by atoms with van der Waals surface area (Å²) in [6, 6.07) is 5.76. The third-order valence-electron chi connectivity index (χ3n) is 4.32. The molecule has 2 aromatic rings. The van der Waals surface area contributed by atoms with Crippen LogP contribution in [0.15, 0.2) is 30.5 Å². The van der Waals surface area contributed by atoms with Crippen molar-refractivity contribution in [2.45, 2.75) is 31.9 Å². The molecule has 1 amide bonds. The van der Waals surface area contributed by atoms with E-state index in [0.29, 0.717) is 24.5 Å². The van der Waals surface area contributed by atoms with Crippen molar-refractivity contribution < 1.29 is 19.0 Å². The highest BCUT2D eigenvalue weighted by Gasteiger charge is 2.25. The number of hydrogen-bond donors (Lipinski definition) is 1. The van der Waals surface area contributed by atoms with Crippen LogP contribution in [0.4, 0.5) is 4.39 Å². The number of ether oxygens (including phenoxy) is 1. The smallest absolute Gasteiger partial charge is 0.260 e. The van der Waals surface area contributed by atoms with Crippen molar-refractivity contribution >= 4 is 5.91 Å². The third-order valence-corrected chi connectivity index (χ3v) is 4.32. The van der Waals surface area contributed by atoms with Gasteiger partial charge in [-0.25, -0.2) is 9.07 Å². The molecule has 1 aliphatic heterocycles. The molecule has 0 aliphatic carbocycles. The summed E-state index contributed by atoms with van der Waals surface area (Å²) in [4.78, 5) is 14.0. The zero-order valence-electron chi connectivity index (χ0n) is 14.0. The molecular weight excluding hydrogens is 327 g/mol. The number of carbonyl (C=O) groups excluding carboxylic acids is 1. The van der Waals surface area contributed by atoms with Crippen molar-refractivity contribution in [3.8, 4) is 5.75 Å². The fourth-order valence-electron chi connectivity index (χ4n) is 2.81. The molecule has 134 valence electrons. The van der Waals surface area contributed by atoms with E-state index in [1.54, 1.807) is 22.7 Å². The van der Waals surface area contributed by atoms with Crippen molar-refractivity contribution in [2.24, 2.45) is 0 Å². The minimum atomic E-state index is -0.640. The molecule has 8 heteroatoms. The van der Waals surface area contributed by atoms with E-state index < -0.39 is 6.10 Å². The number of carbonyl (C=O) groups is 1. The number of aliphatic hydroxyl groups is 1. The molecule has 2 heterocycles. The first-order valence-electron chi connectivity index (χ1n) is 8.29. The maximum atomic E-state index is 12.8. The fourth-order valence-corrected chi connectivity index (χ4v) is 2.81. The predicted octanol–water partition coefficient (Wildman–Crippen LogP) is 1.71. The van der Waals surface area contributed by atoms with Crippen LogP contribution in [0.2, 0.25) is 0 Å². The molecule has 0 spiro atoms. The first kappa shape index (κ1) is 17.3. The largest absolute Gasteiger partial charge is 0.484 e. The monoisotopic (exact) mass is 348 g/mol. The van der Waals surface area contributed by atoms with Gasteiger partial charge in [-0.15, -0.1) is 5.10 Å². The number of aromatic nitrogens is 3. The summed E-state index contributed by atoms with van der Waals surface area (Å²) >= 11 is 0. The van der Waals surface area contributed by atoms with Crippen molar-refractivity contribution in [3.63, 3.8) is 0 Å². The van der Waals surface area contributed by atoms with E-state index in [0.717, 1.165) is 12.8 Å². The molecule has 1 aromatic carbocycles. The van der Waals surface area contributed by atoms with Crippen molar-refractivity contribution in [1.29, 1.82) is 0 Å². The van der Waals surface area contributed by atoms with Gasteiger partial charge < -0.3 is 14.7 Å². The zero-order chi connectivity index (χ0) is 17.8. The Morgan fingerprint density at radius 3 is 2.64 bits per heavy atom. The molecule has 3 rings (SSSR count). The first-order chi connectivity index (χ1) is 12.0. The Kier molecular flexibility index (Phi) is 5.28. The Bertz CT molecular complexity index is 709. The summed E-state index contributed by atoms with van der Waals surface area (Å²) in [5.74, 6) is 0.0385. The highest BCUT2D eigenvalue weighted by molar-refractivity contribution is 5.77. The van der Waals surface area contributed by atoms with Crippen LogP contribution in [0.3, 0.4) is 0 Å². The van der Waals surface area contributed by atoms with Gasteiger partial charge in [-0.1, -0.05) is 5.21 Å². The molecule has 1 atom stereocenters. The third kappa shape index (κ3) is 4.33. The topological polar surface area (TPSA) is 80.5 Å². The molecule has 0 saturated carbocycles. The number of rotatable bonds is 5. The number of halogens is 1. The van der Waals surface area contributed by atoms with E-state index in [9.17, 15) is 14.3 Å². The van der Waals surface area contributed by atoms with Crippen molar-refractivity contribution in [3.05, 3.63) is 42.0 Å². The van der Waals surface area contributed by atoms with E-state index in [1.807, 2.05) is 0 Å². The van der Waals surface area contributed by atoms with Crippen molar-refractivity contribution in [1.82, 2.24) is 19.9 Å². The van der Waals surface area contributed by atoms with E-state index in [4.69, 9.17) is 4.74 Å². The summed E-state index contributed by atoms with van der Waals surface area (Å²) in [6.07, 6.45) is 2.65. The van der Waals surface area contributed by atoms with Crippen LogP contribution >= 0.6 is 0 Å². The van der Waals surface area contributed by atoms with E-state index in [1.165, 1.54) is 24.3 Å². The van der Waals surface area contributed by atoms with E-state index in [2.05, 4.69) is 10.3 Å². The summed E-state index contributed by atoms with van der Waals surface area (Å²) in [5, 5.41) is 17.5. The Labute approximate surface area is 145 Å². The number of hydrogen-bond acceptors (Lipinski definition) is 5. The van der Waals surface area contributed by atoms with Crippen LogP contribution < -0.4 is 4.74 Å². The van der Waals surface area contributed by atoms with Crippen LogP contribution in [0.5, 0.6) is 5.75 Å². The molecule has 0 radical (unpaired) electrons.